The normalized spacial score (nSPS) is 13.6. The second-order valence-corrected chi connectivity index (χ2v) is 7.97. The van der Waals surface area contributed by atoms with E-state index in [2.05, 4.69) is 29.4 Å². The molecule has 0 unspecified atom stereocenters. The van der Waals surface area contributed by atoms with Crippen LogP contribution in [0.4, 0.5) is 0 Å². The first-order valence-electron chi connectivity index (χ1n) is 10.6. The number of nitrogens with zero attached hydrogens (tertiary/aromatic N) is 5. The van der Waals surface area contributed by atoms with E-state index in [4.69, 9.17) is 5.10 Å². The highest BCUT2D eigenvalue weighted by molar-refractivity contribution is 5.93. The van der Waals surface area contributed by atoms with Gasteiger partial charge in [0, 0.05) is 43.9 Å². The minimum Gasteiger partial charge on any atom is -0.338 e. The van der Waals surface area contributed by atoms with Gasteiger partial charge in [-0.2, -0.15) is 10.2 Å². The van der Waals surface area contributed by atoms with E-state index in [-0.39, 0.29) is 5.91 Å². The number of benzene rings is 2. The monoisotopic (exact) mass is 411 g/mol. The molecular formula is C25H25N5O. The molecule has 0 atom stereocenters. The molecule has 0 spiro atoms. The number of aryl methyl sites for hydroxylation is 1. The Balaban J connectivity index is 1.32. The minimum absolute atomic E-state index is 0.0371. The van der Waals surface area contributed by atoms with Gasteiger partial charge in [0.05, 0.1) is 29.7 Å². The average molecular weight is 412 g/mol. The number of fused-ring (bicyclic) bond motifs is 1. The van der Waals surface area contributed by atoms with Gasteiger partial charge in [0.2, 0.25) is 0 Å². The van der Waals surface area contributed by atoms with Gasteiger partial charge in [0.25, 0.3) is 5.91 Å². The van der Waals surface area contributed by atoms with Gasteiger partial charge in [-0.1, -0.05) is 60.7 Å². The predicted molar refractivity (Wildman–Crippen MR) is 120 cm³/mol. The van der Waals surface area contributed by atoms with Crippen LogP contribution in [-0.4, -0.2) is 43.5 Å². The molecule has 156 valence electrons. The van der Waals surface area contributed by atoms with Gasteiger partial charge >= 0.3 is 0 Å². The van der Waals surface area contributed by atoms with Crippen molar-refractivity contribution in [3.05, 3.63) is 95.4 Å². The second kappa shape index (κ2) is 8.22. The van der Waals surface area contributed by atoms with Crippen molar-refractivity contribution in [1.82, 2.24) is 24.5 Å². The Labute approximate surface area is 181 Å². The third kappa shape index (κ3) is 3.89. The summed E-state index contributed by atoms with van der Waals surface area (Å²) in [5, 5.41) is 9.17. The van der Waals surface area contributed by atoms with Gasteiger partial charge in [0.15, 0.2) is 0 Å². The van der Waals surface area contributed by atoms with Crippen LogP contribution >= 0.6 is 0 Å². The van der Waals surface area contributed by atoms with E-state index in [1.54, 1.807) is 6.20 Å². The summed E-state index contributed by atoms with van der Waals surface area (Å²) < 4.78 is 3.80. The lowest BCUT2D eigenvalue weighted by Crippen LogP contribution is -2.33. The van der Waals surface area contributed by atoms with Gasteiger partial charge in [0.1, 0.15) is 0 Å². The number of aromatic nitrogens is 4. The zero-order chi connectivity index (χ0) is 21.2. The number of amides is 1. The van der Waals surface area contributed by atoms with Crippen molar-refractivity contribution in [3.8, 4) is 11.3 Å². The minimum atomic E-state index is 0.0371. The van der Waals surface area contributed by atoms with Crippen molar-refractivity contribution in [2.45, 2.75) is 19.4 Å². The fraction of sp³-hybridized carbons (Fsp3) is 0.240. The Morgan fingerprint density at radius 3 is 2.45 bits per heavy atom. The summed E-state index contributed by atoms with van der Waals surface area (Å²) in [6, 6.07) is 20.5. The van der Waals surface area contributed by atoms with E-state index in [1.165, 1.54) is 11.1 Å². The predicted octanol–water partition coefficient (Wildman–Crippen LogP) is 3.57. The molecule has 0 saturated heterocycles. The molecule has 0 bridgehead atoms. The first-order valence-corrected chi connectivity index (χ1v) is 10.6. The van der Waals surface area contributed by atoms with Crippen LogP contribution in [-0.2, 0) is 26.4 Å². The SMILES string of the molecule is Cn1nc2c(c1-c1ccccc1)CCN(C(=O)c1cnn(Cc3ccccc3)c1)CC2. The highest BCUT2D eigenvalue weighted by Gasteiger charge is 2.25. The number of carbonyl (C=O) groups excluding carboxylic acids is 1. The van der Waals surface area contributed by atoms with E-state index in [0.717, 1.165) is 29.8 Å². The molecule has 2 aromatic heterocycles. The van der Waals surface area contributed by atoms with Gasteiger partial charge in [-0.05, 0) is 12.0 Å². The summed E-state index contributed by atoms with van der Waals surface area (Å²) >= 11 is 0. The first kappa shape index (κ1) is 19.3. The van der Waals surface area contributed by atoms with Crippen LogP contribution < -0.4 is 0 Å². The molecule has 31 heavy (non-hydrogen) atoms. The fourth-order valence-electron chi connectivity index (χ4n) is 4.36. The quantitative estimate of drug-likeness (QED) is 0.516. The van der Waals surface area contributed by atoms with Crippen LogP contribution in [0.1, 0.15) is 27.2 Å². The third-order valence-electron chi connectivity index (χ3n) is 5.88. The van der Waals surface area contributed by atoms with Crippen molar-refractivity contribution in [3.63, 3.8) is 0 Å². The maximum Gasteiger partial charge on any atom is 0.257 e. The number of carbonyl (C=O) groups is 1. The van der Waals surface area contributed by atoms with Gasteiger partial charge in [-0.3, -0.25) is 14.2 Å². The Morgan fingerprint density at radius 2 is 1.68 bits per heavy atom. The third-order valence-corrected chi connectivity index (χ3v) is 5.88. The molecule has 6 heteroatoms. The Hall–Kier alpha value is -3.67. The van der Waals surface area contributed by atoms with Crippen LogP contribution in [0.5, 0.6) is 0 Å². The van der Waals surface area contributed by atoms with Gasteiger partial charge in [-0.15, -0.1) is 0 Å². The van der Waals surface area contributed by atoms with E-state index < -0.39 is 0 Å². The van der Waals surface area contributed by atoms with Gasteiger partial charge < -0.3 is 4.90 Å². The molecule has 0 radical (unpaired) electrons. The van der Waals surface area contributed by atoms with Crippen LogP contribution in [0.15, 0.2) is 73.1 Å². The highest BCUT2D eigenvalue weighted by atomic mass is 16.2. The van der Waals surface area contributed by atoms with Crippen molar-refractivity contribution in [2.24, 2.45) is 7.05 Å². The molecule has 6 nitrogen and oxygen atoms in total. The first-order chi connectivity index (χ1) is 15.2. The highest BCUT2D eigenvalue weighted by Crippen LogP contribution is 2.28. The smallest absolute Gasteiger partial charge is 0.257 e. The molecule has 1 amide bonds. The van der Waals surface area contributed by atoms with Gasteiger partial charge in [-0.25, -0.2) is 0 Å². The summed E-state index contributed by atoms with van der Waals surface area (Å²) in [6.07, 6.45) is 5.09. The van der Waals surface area contributed by atoms with Crippen LogP contribution in [0.25, 0.3) is 11.3 Å². The zero-order valence-corrected chi connectivity index (χ0v) is 17.6. The van der Waals surface area contributed by atoms with E-state index >= 15 is 0 Å². The Kier molecular flexibility index (Phi) is 5.12. The zero-order valence-electron chi connectivity index (χ0n) is 17.6. The van der Waals surface area contributed by atoms with E-state index in [1.807, 2.05) is 63.9 Å². The number of rotatable bonds is 4. The van der Waals surface area contributed by atoms with Crippen molar-refractivity contribution in [2.75, 3.05) is 13.1 Å². The molecular weight excluding hydrogens is 386 g/mol. The average Bonchev–Trinajstić information content (AvgIpc) is 3.32. The summed E-state index contributed by atoms with van der Waals surface area (Å²) in [7, 11) is 2.00. The molecule has 3 heterocycles. The molecule has 0 N–H and O–H groups in total. The molecule has 2 aromatic carbocycles. The number of hydrogen-bond donors (Lipinski definition) is 0. The van der Waals surface area contributed by atoms with Crippen LogP contribution in [0.2, 0.25) is 0 Å². The lowest BCUT2D eigenvalue weighted by Gasteiger charge is -2.19. The second-order valence-electron chi connectivity index (χ2n) is 7.97. The lowest BCUT2D eigenvalue weighted by atomic mass is 10.0. The lowest BCUT2D eigenvalue weighted by molar-refractivity contribution is 0.0762. The summed E-state index contributed by atoms with van der Waals surface area (Å²) in [5.41, 5.74) is 6.47. The Morgan fingerprint density at radius 1 is 0.968 bits per heavy atom. The molecule has 4 aromatic rings. The number of hydrogen-bond acceptors (Lipinski definition) is 3. The molecule has 0 fully saturated rings. The topological polar surface area (TPSA) is 56.0 Å². The summed E-state index contributed by atoms with van der Waals surface area (Å²) in [5.74, 6) is 0.0371. The largest absolute Gasteiger partial charge is 0.338 e. The van der Waals surface area contributed by atoms with E-state index in [9.17, 15) is 4.79 Å². The molecule has 5 rings (SSSR count). The van der Waals surface area contributed by atoms with Crippen LogP contribution in [0, 0.1) is 0 Å². The van der Waals surface area contributed by atoms with Crippen molar-refractivity contribution in [1.29, 1.82) is 0 Å². The van der Waals surface area contributed by atoms with Crippen molar-refractivity contribution >= 4 is 5.91 Å². The fourth-order valence-corrected chi connectivity index (χ4v) is 4.36. The Bertz CT molecular complexity index is 1190. The standard InChI is InChI=1S/C25H25N5O/c1-28-24(20-10-6-3-7-11-20)22-12-14-29(15-13-23(22)27-28)25(31)21-16-26-30(18-21)17-19-8-4-2-5-9-19/h2-11,16,18H,12-15,17H2,1H3. The maximum atomic E-state index is 13.2. The molecule has 0 aliphatic carbocycles. The summed E-state index contributed by atoms with van der Waals surface area (Å²) in [4.78, 5) is 15.1. The summed E-state index contributed by atoms with van der Waals surface area (Å²) in [6.45, 7) is 2.01. The maximum absolute atomic E-state index is 13.2. The van der Waals surface area contributed by atoms with Crippen LogP contribution in [0.3, 0.4) is 0 Å². The van der Waals surface area contributed by atoms with E-state index in [0.29, 0.717) is 25.2 Å². The molecule has 0 saturated carbocycles. The molecule has 1 aliphatic heterocycles. The molecule has 1 aliphatic rings. The van der Waals surface area contributed by atoms with Crippen molar-refractivity contribution < 1.29 is 4.79 Å².